The van der Waals surface area contributed by atoms with Crippen molar-refractivity contribution in [2.45, 2.75) is 31.7 Å². The molecule has 0 aliphatic carbocycles. The van der Waals surface area contributed by atoms with E-state index in [1.165, 1.54) is 15.3 Å². The summed E-state index contributed by atoms with van der Waals surface area (Å²) in [5.74, 6) is 4.75. The van der Waals surface area contributed by atoms with E-state index in [9.17, 15) is 19.2 Å². The van der Waals surface area contributed by atoms with E-state index in [1.54, 1.807) is 31.3 Å². The molecule has 0 spiro atoms. The number of hydrogen-bond acceptors (Lipinski definition) is 5. The summed E-state index contributed by atoms with van der Waals surface area (Å²) < 4.78 is 2.90. The molecule has 1 saturated heterocycles. The Kier molecular flexibility index (Phi) is 5.60. The molecule has 9 nitrogen and oxygen atoms in total. The molecule has 3 heterocycles. The number of hydrogen-bond donors (Lipinski definition) is 2. The topological polar surface area (TPSA) is 129 Å². The number of pyridine rings is 1. The molecule has 0 radical (unpaired) electrons. The largest absolute Gasteiger partial charge is 0.364 e. The number of imidazole rings is 1. The summed E-state index contributed by atoms with van der Waals surface area (Å²) in [6, 6.07) is 8.16. The number of carbonyl (C=O) groups excluding carboxylic acids is 3. The Morgan fingerprint density at radius 2 is 2.06 bits per heavy atom. The van der Waals surface area contributed by atoms with Crippen molar-refractivity contribution in [3.63, 3.8) is 0 Å². The molecule has 4 rings (SSSR count). The number of amides is 3. The lowest BCUT2D eigenvalue weighted by Crippen LogP contribution is -2.44. The van der Waals surface area contributed by atoms with Gasteiger partial charge in [0.2, 0.25) is 11.8 Å². The molecule has 162 valence electrons. The molecule has 3 N–H and O–H groups in total. The van der Waals surface area contributed by atoms with Gasteiger partial charge >= 0.3 is 5.69 Å². The fourth-order valence-electron chi connectivity index (χ4n) is 3.90. The first-order valence-corrected chi connectivity index (χ1v) is 10.1. The van der Waals surface area contributed by atoms with Crippen LogP contribution < -0.4 is 16.7 Å². The Hall–Kier alpha value is -4.19. The fraction of sp³-hybridized carbons (Fsp3) is 0.261. The summed E-state index contributed by atoms with van der Waals surface area (Å²) in [4.78, 5) is 52.1. The monoisotopic (exact) mass is 431 g/mol. The molecule has 0 bridgehead atoms. The number of imide groups is 1. The Bertz CT molecular complexity index is 1370. The molecule has 1 aliphatic heterocycles. The van der Waals surface area contributed by atoms with Gasteiger partial charge in [-0.2, -0.15) is 0 Å². The number of carbonyl (C=O) groups is 3. The van der Waals surface area contributed by atoms with Gasteiger partial charge in [0.15, 0.2) is 0 Å². The third-order valence-corrected chi connectivity index (χ3v) is 5.49. The van der Waals surface area contributed by atoms with Crippen molar-refractivity contribution >= 4 is 28.8 Å². The molecule has 32 heavy (non-hydrogen) atoms. The Morgan fingerprint density at radius 3 is 2.81 bits per heavy atom. The highest BCUT2D eigenvalue weighted by Gasteiger charge is 2.31. The molecule has 3 aromatic rings. The Balaban J connectivity index is 1.61. The quantitative estimate of drug-likeness (QED) is 0.466. The van der Waals surface area contributed by atoms with E-state index in [1.807, 2.05) is 6.07 Å². The second-order valence-electron chi connectivity index (χ2n) is 7.56. The summed E-state index contributed by atoms with van der Waals surface area (Å²) in [7, 11) is 1.64. The molecular weight excluding hydrogens is 410 g/mol. The average Bonchev–Trinajstić information content (AvgIpc) is 3.01. The molecule has 1 unspecified atom stereocenters. The minimum absolute atomic E-state index is 0.181. The van der Waals surface area contributed by atoms with Crippen LogP contribution in [0, 0.1) is 11.8 Å². The van der Waals surface area contributed by atoms with Gasteiger partial charge in [-0.1, -0.05) is 17.9 Å². The second-order valence-corrected chi connectivity index (χ2v) is 7.56. The van der Waals surface area contributed by atoms with Gasteiger partial charge in [0.25, 0.3) is 5.91 Å². The molecule has 1 atom stereocenters. The highest BCUT2D eigenvalue weighted by atomic mass is 16.2. The van der Waals surface area contributed by atoms with Crippen LogP contribution in [0.5, 0.6) is 0 Å². The van der Waals surface area contributed by atoms with Gasteiger partial charge < -0.3 is 5.73 Å². The van der Waals surface area contributed by atoms with Gasteiger partial charge in [0, 0.05) is 31.6 Å². The first-order valence-electron chi connectivity index (χ1n) is 10.1. The standard InChI is InChI=1S/C23H21N5O4/c1-27-16-9-8-14(5-2-3-6-15-7-4-12-25-20(15)21(24)30)13-18(16)28(23(27)32)17-10-11-19(29)26-22(17)31/h4,7-9,12-13,17H,3,6,10-11H2,1H3,(H2,24,30)(H,26,29,31). The van der Waals surface area contributed by atoms with E-state index in [2.05, 4.69) is 22.1 Å². The highest BCUT2D eigenvalue weighted by molar-refractivity contribution is 6.00. The van der Waals surface area contributed by atoms with E-state index >= 15 is 0 Å². The lowest BCUT2D eigenvalue weighted by atomic mass is 10.1. The number of fused-ring (bicyclic) bond motifs is 1. The van der Waals surface area contributed by atoms with E-state index in [0.717, 1.165) is 5.56 Å². The van der Waals surface area contributed by atoms with Gasteiger partial charge in [-0.3, -0.25) is 33.8 Å². The third kappa shape index (κ3) is 3.90. The van der Waals surface area contributed by atoms with E-state index in [4.69, 9.17) is 5.73 Å². The first-order chi connectivity index (χ1) is 15.4. The summed E-state index contributed by atoms with van der Waals surface area (Å²) in [5.41, 5.74) is 7.95. The molecule has 1 aliphatic rings. The molecule has 1 aromatic carbocycles. The zero-order valence-electron chi connectivity index (χ0n) is 17.4. The molecule has 1 fully saturated rings. The number of piperidine rings is 1. The van der Waals surface area contributed by atoms with Crippen LogP contribution in [0.4, 0.5) is 0 Å². The van der Waals surface area contributed by atoms with Crippen molar-refractivity contribution in [2.24, 2.45) is 12.8 Å². The Labute approximate surface area is 183 Å². The normalized spacial score (nSPS) is 15.8. The number of benzene rings is 1. The van der Waals surface area contributed by atoms with Crippen LogP contribution in [0.2, 0.25) is 0 Å². The van der Waals surface area contributed by atoms with Crippen LogP contribution in [-0.4, -0.2) is 31.8 Å². The van der Waals surface area contributed by atoms with Crippen LogP contribution >= 0.6 is 0 Å². The SMILES string of the molecule is Cn1c(=O)n(C2CCC(=O)NC2=O)c2cc(C#CCCc3cccnc3C(N)=O)ccc21. The molecule has 0 saturated carbocycles. The number of nitrogens with one attached hydrogen (secondary N) is 1. The van der Waals surface area contributed by atoms with E-state index < -0.39 is 17.9 Å². The van der Waals surface area contributed by atoms with Gasteiger partial charge in [-0.25, -0.2) is 4.79 Å². The number of nitrogens with zero attached hydrogens (tertiary/aromatic N) is 3. The maximum Gasteiger partial charge on any atom is 0.329 e. The van der Waals surface area contributed by atoms with E-state index in [-0.39, 0.29) is 30.1 Å². The van der Waals surface area contributed by atoms with Crippen molar-refractivity contribution < 1.29 is 14.4 Å². The zero-order chi connectivity index (χ0) is 22.8. The lowest BCUT2D eigenvalue weighted by molar-refractivity contribution is -0.135. The maximum atomic E-state index is 12.8. The van der Waals surface area contributed by atoms with Crippen LogP contribution in [-0.2, 0) is 23.1 Å². The van der Waals surface area contributed by atoms with Gasteiger partial charge in [-0.05, 0) is 42.7 Å². The number of nitrogens with two attached hydrogens (primary N) is 1. The maximum absolute atomic E-state index is 12.8. The average molecular weight is 431 g/mol. The van der Waals surface area contributed by atoms with Gasteiger partial charge in [-0.15, -0.1) is 0 Å². The highest BCUT2D eigenvalue weighted by Crippen LogP contribution is 2.23. The number of aryl methyl sites for hydroxylation is 2. The predicted octanol–water partition coefficient (Wildman–Crippen LogP) is 0.796. The fourth-order valence-corrected chi connectivity index (χ4v) is 3.90. The van der Waals surface area contributed by atoms with Crippen molar-refractivity contribution in [3.8, 4) is 11.8 Å². The summed E-state index contributed by atoms with van der Waals surface area (Å²) >= 11 is 0. The first kappa shape index (κ1) is 21.1. The molecule has 9 heteroatoms. The van der Waals surface area contributed by atoms with Crippen LogP contribution in [0.1, 0.15) is 46.9 Å². The smallest absolute Gasteiger partial charge is 0.329 e. The van der Waals surface area contributed by atoms with Crippen LogP contribution in [0.15, 0.2) is 41.3 Å². The summed E-state index contributed by atoms with van der Waals surface area (Å²) in [5, 5.41) is 2.30. The molecule has 2 aromatic heterocycles. The minimum Gasteiger partial charge on any atom is -0.364 e. The summed E-state index contributed by atoms with van der Waals surface area (Å²) in [6.07, 6.45) is 2.98. The third-order valence-electron chi connectivity index (χ3n) is 5.49. The van der Waals surface area contributed by atoms with Gasteiger partial charge in [0.05, 0.1) is 11.0 Å². The zero-order valence-corrected chi connectivity index (χ0v) is 17.4. The van der Waals surface area contributed by atoms with Gasteiger partial charge in [0.1, 0.15) is 11.7 Å². The van der Waals surface area contributed by atoms with Crippen LogP contribution in [0.3, 0.4) is 0 Å². The lowest BCUT2D eigenvalue weighted by Gasteiger charge is -2.21. The predicted molar refractivity (Wildman–Crippen MR) is 117 cm³/mol. The summed E-state index contributed by atoms with van der Waals surface area (Å²) in [6.45, 7) is 0. The molecular formula is C23H21N5O4. The Morgan fingerprint density at radius 1 is 1.25 bits per heavy atom. The van der Waals surface area contributed by atoms with E-state index in [0.29, 0.717) is 29.4 Å². The van der Waals surface area contributed by atoms with Crippen molar-refractivity contribution in [2.75, 3.05) is 0 Å². The second kappa shape index (κ2) is 8.51. The molecule has 3 amide bonds. The number of aromatic nitrogens is 3. The van der Waals surface area contributed by atoms with Crippen molar-refractivity contribution in [3.05, 3.63) is 63.8 Å². The van der Waals surface area contributed by atoms with Crippen LogP contribution in [0.25, 0.3) is 11.0 Å². The number of rotatable bonds is 4. The van der Waals surface area contributed by atoms with Crippen molar-refractivity contribution in [1.82, 2.24) is 19.4 Å². The van der Waals surface area contributed by atoms with Crippen molar-refractivity contribution in [1.29, 1.82) is 0 Å². The number of primary amides is 1. The minimum atomic E-state index is -0.745.